The lowest BCUT2D eigenvalue weighted by Crippen LogP contribution is -2.39. The average Bonchev–Trinajstić information content (AvgIpc) is 2.82. The van der Waals surface area contributed by atoms with Crippen molar-refractivity contribution in [1.29, 1.82) is 5.26 Å². The lowest BCUT2D eigenvalue weighted by atomic mass is 10.2. The third kappa shape index (κ3) is 6.76. The van der Waals surface area contributed by atoms with Gasteiger partial charge in [-0.1, -0.05) is 18.2 Å². The fraction of sp³-hybridized carbons (Fsp3) is 0.200. The molecular weight excluding hydrogens is 495 g/mol. The molecule has 2 amide bonds. The Bertz CT molecular complexity index is 1380. The molecule has 3 aromatic rings. The summed E-state index contributed by atoms with van der Waals surface area (Å²) in [4.78, 5) is 13.7. The van der Waals surface area contributed by atoms with Crippen LogP contribution >= 0.6 is 0 Å². The number of amides is 2. The van der Waals surface area contributed by atoms with E-state index < -0.39 is 32.8 Å². The number of anilines is 1. The number of alkyl halides is 3. The molecule has 1 N–H and O–H groups in total. The molecule has 3 aromatic carbocycles. The SMILES string of the molecule is CC(C)N(Cc1cccc(OS(=O)(=O)c2cccc(C(F)(F)F)c2)c1)C(=O)Nc1ccc(C#N)cc1. The van der Waals surface area contributed by atoms with E-state index in [2.05, 4.69) is 5.32 Å². The number of halogens is 3. The van der Waals surface area contributed by atoms with Crippen LogP contribution in [0.2, 0.25) is 0 Å². The second-order valence-corrected chi connectivity index (χ2v) is 9.60. The van der Waals surface area contributed by atoms with Crippen LogP contribution in [0.1, 0.15) is 30.5 Å². The molecule has 0 fully saturated rings. The van der Waals surface area contributed by atoms with Crippen molar-refractivity contribution in [3.63, 3.8) is 0 Å². The van der Waals surface area contributed by atoms with Crippen molar-refractivity contribution in [2.24, 2.45) is 0 Å². The Morgan fingerprint density at radius 3 is 2.33 bits per heavy atom. The first kappa shape index (κ1) is 26.6. The van der Waals surface area contributed by atoms with Crippen LogP contribution in [-0.4, -0.2) is 25.4 Å². The first-order chi connectivity index (χ1) is 16.9. The Kier molecular flexibility index (Phi) is 7.90. The molecule has 0 saturated carbocycles. The summed E-state index contributed by atoms with van der Waals surface area (Å²) in [6.07, 6.45) is -4.70. The number of urea groups is 1. The van der Waals surface area contributed by atoms with Gasteiger partial charge in [0.2, 0.25) is 0 Å². The molecule has 0 radical (unpaired) electrons. The van der Waals surface area contributed by atoms with Crippen molar-refractivity contribution < 1.29 is 30.6 Å². The molecule has 0 aromatic heterocycles. The minimum absolute atomic E-state index is 0.0978. The topological polar surface area (TPSA) is 99.5 Å². The largest absolute Gasteiger partial charge is 0.416 e. The second kappa shape index (κ2) is 10.7. The second-order valence-electron chi connectivity index (χ2n) is 8.05. The standard InChI is InChI=1S/C25H22F3N3O4S/c1-17(2)31(24(32)30-21-11-9-18(15-29)10-12-21)16-19-5-3-7-22(13-19)35-36(33,34)23-8-4-6-20(14-23)25(26,27)28/h3-14,17H,16H2,1-2H3,(H,30,32). The van der Waals surface area contributed by atoms with E-state index in [1.807, 2.05) is 6.07 Å². The van der Waals surface area contributed by atoms with Crippen LogP contribution in [0.15, 0.2) is 77.7 Å². The number of benzene rings is 3. The fourth-order valence-corrected chi connectivity index (χ4v) is 4.18. The molecule has 11 heteroatoms. The van der Waals surface area contributed by atoms with Gasteiger partial charge in [-0.05, 0) is 74.0 Å². The van der Waals surface area contributed by atoms with Gasteiger partial charge in [0.05, 0.1) is 17.2 Å². The van der Waals surface area contributed by atoms with Gasteiger partial charge in [-0.25, -0.2) is 4.79 Å². The monoisotopic (exact) mass is 517 g/mol. The zero-order chi connectivity index (χ0) is 26.5. The average molecular weight is 518 g/mol. The first-order valence-electron chi connectivity index (χ1n) is 10.7. The van der Waals surface area contributed by atoms with E-state index in [-0.39, 0.29) is 18.3 Å². The Balaban J connectivity index is 1.76. The molecule has 0 saturated heterocycles. The zero-order valence-corrected chi connectivity index (χ0v) is 20.1. The van der Waals surface area contributed by atoms with Crippen LogP contribution in [0.4, 0.5) is 23.7 Å². The van der Waals surface area contributed by atoms with Gasteiger partial charge in [-0.2, -0.15) is 26.9 Å². The number of carbonyl (C=O) groups excluding carboxylic acids is 1. The predicted octanol–water partition coefficient (Wildman–Crippen LogP) is 5.79. The van der Waals surface area contributed by atoms with Crippen LogP contribution in [0.5, 0.6) is 5.75 Å². The number of hydrogen-bond donors (Lipinski definition) is 1. The molecule has 0 heterocycles. The summed E-state index contributed by atoms with van der Waals surface area (Å²) >= 11 is 0. The summed E-state index contributed by atoms with van der Waals surface area (Å²) in [5.41, 5.74) is 0.372. The van der Waals surface area contributed by atoms with E-state index in [4.69, 9.17) is 9.44 Å². The van der Waals surface area contributed by atoms with Crippen molar-refractivity contribution in [2.45, 2.75) is 37.5 Å². The van der Waals surface area contributed by atoms with Crippen LogP contribution in [-0.2, 0) is 22.8 Å². The van der Waals surface area contributed by atoms with Gasteiger partial charge >= 0.3 is 22.3 Å². The van der Waals surface area contributed by atoms with E-state index in [0.717, 1.165) is 18.2 Å². The van der Waals surface area contributed by atoms with Gasteiger partial charge in [0, 0.05) is 18.3 Å². The van der Waals surface area contributed by atoms with E-state index in [1.165, 1.54) is 23.1 Å². The molecular formula is C25H22F3N3O4S. The Morgan fingerprint density at radius 1 is 1.06 bits per heavy atom. The van der Waals surface area contributed by atoms with Crippen molar-refractivity contribution >= 4 is 21.8 Å². The van der Waals surface area contributed by atoms with Crippen molar-refractivity contribution in [2.75, 3.05) is 5.32 Å². The Hall–Kier alpha value is -4.04. The van der Waals surface area contributed by atoms with Crippen LogP contribution in [0, 0.1) is 11.3 Å². The Morgan fingerprint density at radius 2 is 1.72 bits per heavy atom. The third-order valence-corrected chi connectivity index (χ3v) is 6.30. The van der Waals surface area contributed by atoms with Gasteiger partial charge in [-0.15, -0.1) is 0 Å². The normalized spacial score (nSPS) is 11.6. The van der Waals surface area contributed by atoms with E-state index in [9.17, 15) is 26.4 Å². The molecule has 3 rings (SSSR count). The number of hydrogen-bond acceptors (Lipinski definition) is 5. The van der Waals surface area contributed by atoms with Crippen molar-refractivity contribution in [3.05, 3.63) is 89.5 Å². The quantitative estimate of drug-likeness (QED) is 0.400. The third-order valence-electron chi connectivity index (χ3n) is 5.06. The lowest BCUT2D eigenvalue weighted by molar-refractivity contribution is -0.137. The van der Waals surface area contributed by atoms with Gasteiger partial charge in [0.25, 0.3) is 0 Å². The minimum Gasteiger partial charge on any atom is -0.379 e. The number of carbonyl (C=O) groups is 1. The molecule has 0 aliphatic heterocycles. The summed E-state index contributed by atoms with van der Waals surface area (Å²) in [6, 6.07) is 16.9. The smallest absolute Gasteiger partial charge is 0.379 e. The summed E-state index contributed by atoms with van der Waals surface area (Å²) in [6.45, 7) is 3.70. The molecule has 7 nitrogen and oxygen atoms in total. The number of rotatable bonds is 7. The highest BCUT2D eigenvalue weighted by molar-refractivity contribution is 7.87. The highest BCUT2D eigenvalue weighted by atomic mass is 32.2. The van der Waals surface area contributed by atoms with Gasteiger partial charge in [0.15, 0.2) is 0 Å². The van der Waals surface area contributed by atoms with Crippen LogP contribution in [0.3, 0.4) is 0 Å². The molecule has 0 aliphatic carbocycles. The Labute approximate surface area is 206 Å². The maximum absolute atomic E-state index is 13.0. The minimum atomic E-state index is -4.70. The summed E-state index contributed by atoms with van der Waals surface area (Å²) in [5, 5.41) is 11.6. The van der Waals surface area contributed by atoms with Gasteiger partial charge in [0.1, 0.15) is 10.6 Å². The molecule has 0 spiro atoms. The summed E-state index contributed by atoms with van der Waals surface area (Å²) in [5.74, 6) is -0.110. The highest BCUT2D eigenvalue weighted by Gasteiger charge is 2.32. The van der Waals surface area contributed by atoms with Gasteiger partial charge in [-0.3, -0.25) is 0 Å². The number of nitrogens with zero attached hydrogens (tertiary/aromatic N) is 2. The fourth-order valence-electron chi connectivity index (χ4n) is 3.21. The van der Waals surface area contributed by atoms with Crippen LogP contribution < -0.4 is 9.50 Å². The maximum atomic E-state index is 13.0. The van der Waals surface area contributed by atoms with Crippen LogP contribution in [0.25, 0.3) is 0 Å². The molecule has 36 heavy (non-hydrogen) atoms. The molecule has 0 bridgehead atoms. The van der Waals surface area contributed by atoms with Crippen molar-refractivity contribution in [1.82, 2.24) is 4.90 Å². The highest BCUT2D eigenvalue weighted by Crippen LogP contribution is 2.31. The van der Waals surface area contributed by atoms with E-state index >= 15 is 0 Å². The molecule has 0 atom stereocenters. The first-order valence-corrected chi connectivity index (χ1v) is 12.1. The van der Waals surface area contributed by atoms with Gasteiger partial charge < -0.3 is 14.4 Å². The number of nitriles is 1. The summed E-state index contributed by atoms with van der Waals surface area (Å²) in [7, 11) is -4.54. The lowest BCUT2D eigenvalue weighted by Gasteiger charge is -2.27. The van der Waals surface area contributed by atoms with E-state index in [0.29, 0.717) is 22.9 Å². The molecule has 0 aliphatic rings. The summed E-state index contributed by atoms with van der Waals surface area (Å²) < 4.78 is 69.2. The predicted molar refractivity (Wildman–Crippen MR) is 127 cm³/mol. The van der Waals surface area contributed by atoms with E-state index in [1.54, 1.807) is 44.2 Å². The maximum Gasteiger partial charge on any atom is 0.416 e. The molecule has 0 unspecified atom stereocenters. The van der Waals surface area contributed by atoms with Crippen molar-refractivity contribution in [3.8, 4) is 11.8 Å². The zero-order valence-electron chi connectivity index (χ0n) is 19.3. The number of nitrogens with one attached hydrogen (secondary N) is 1. The molecule has 188 valence electrons.